The lowest BCUT2D eigenvalue weighted by atomic mass is 10.1. The number of carbonyl (C=O) groups excluding carboxylic acids is 1. The van der Waals surface area contributed by atoms with Gasteiger partial charge in [-0.1, -0.05) is 37.0 Å². The Bertz CT molecular complexity index is 282. The molecule has 1 saturated carbocycles. The van der Waals surface area contributed by atoms with Gasteiger partial charge < -0.3 is 4.74 Å². The van der Waals surface area contributed by atoms with Crippen LogP contribution in [0.4, 0.5) is 0 Å². The molecule has 0 aromatic rings. The van der Waals surface area contributed by atoms with Crippen molar-refractivity contribution in [3.05, 3.63) is 10.6 Å². The van der Waals surface area contributed by atoms with Gasteiger partial charge in [0.1, 0.15) is 11.1 Å². The molecule has 0 saturated heterocycles. The number of esters is 1. The molecule has 0 aliphatic heterocycles. The second-order valence-electron chi connectivity index (χ2n) is 4.14. The molecular formula is C10H13Cl3O2. The molecule has 1 rings (SSSR count). The summed E-state index contributed by atoms with van der Waals surface area (Å²) in [5, 5.41) is 0. The van der Waals surface area contributed by atoms with Gasteiger partial charge in [0.15, 0.2) is 0 Å². The Kier molecular flexibility index (Phi) is 4.33. The van der Waals surface area contributed by atoms with E-state index in [4.69, 9.17) is 39.5 Å². The molecular weight excluding hydrogens is 258 g/mol. The zero-order valence-corrected chi connectivity index (χ0v) is 10.9. The molecule has 2 nitrogen and oxygen atoms in total. The second kappa shape index (κ2) is 4.94. The first-order valence-corrected chi connectivity index (χ1v) is 5.95. The smallest absolute Gasteiger partial charge is 0.310 e. The van der Waals surface area contributed by atoms with E-state index in [0.29, 0.717) is 5.88 Å². The third-order valence-corrected chi connectivity index (χ3v) is 3.20. The maximum atomic E-state index is 11.6. The van der Waals surface area contributed by atoms with Gasteiger partial charge in [-0.05, 0) is 17.4 Å². The van der Waals surface area contributed by atoms with Crippen molar-refractivity contribution in [1.29, 1.82) is 0 Å². The quantitative estimate of drug-likeness (QED) is 0.579. The first kappa shape index (κ1) is 13.1. The van der Waals surface area contributed by atoms with Gasteiger partial charge in [-0.2, -0.15) is 0 Å². The summed E-state index contributed by atoms with van der Waals surface area (Å²) < 4.78 is 5.17. The van der Waals surface area contributed by atoms with Crippen molar-refractivity contribution < 1.29 is 9.53 Å². The molecule has 1 fully saturated rings. The molecule has 0 amide bonds. The van der Waals surface area contributed by atoms with Crippen molar-refractivity contribution in [3.8, 4) is 0 Å². The zero-order valence-electron chi connectivity index (χ0n) is 8.60. The Hall–Kier alpha value is 0.0800. The Morgan fingerprint density at radius 2 is 2.07 bits per heavy atom. The third kappa shape index (κ3) is 3.02. The summed E-state index contributed by atoms with van der Waals surface area (Å²) in [7, 11) is 0. The summed E-state index contributed by atoms with van der Waals surface area (Å²) >= 11 is 16.6. The fourth-order valence-corrected chi connectivity index (χ4v) is 2.15. The third-order valence-electron chi connectivity index (χ3n) is 2.79. The molecule has 0 aromatic carbocycles. The first-order chi connectivity index (χ1) is 6.91. The van der Waals surface area contributed by atoms with E-state index in [1.165, 1.54) is 0 Å². The molecule has 1 aliphatic rings. The molecule has 0 unspecified atom stereocenters. The van der Waals surface area contributed by atoms with Gasteiger partial charge in [0.25, 0.3) is 0 Å². The van der Waals surface area contributed by atoms with Crippen molar-refractivity contribution in [2.75, 3.05) is 12.5 Å². The molecule has 0 bridgehead atoms. The van der Waals surface area contributed by atoms with E-state index in [2.05, 4.69) is 0 Å². The number of carbonyl (C=O) groups is 1. The van der Waals surface area contributed by atoms with Crippen LogP contribution in [0.1, 0.15) is 13.8 Å². The highest BCUT2D eigenvalue weighted by atomic mass is 35.5. The van der Waals surface area contributed by atoms with Crippen molar-refractivity contribution in [2.24, 2.45) is 17.3 Å². The van der Waals surface area contributed by atoms with Crippen molar-refractivity contribution in [3.63, 3.8) is 0 Å². The van der Waals surface area contributed by atoms with E-state index in [1.54, 1.807) is 6.08 Å². The lowest BCUT2D eigenvalue weighted by Crippen LogP contribution is -2.12. The Balaban J connectivity index is 2.58. The normalized spacial score (nSPS) is 27.0. The SMILES string of the molecule is CC1(C)[C@H](C(=O)OCCCl)[C@@H]1C=C(Cl)Cl. The maximum absolute atomic E-state index is 11.6. The highest BCUT2D eigenvalue weighted by Crippen LogP contribution is 2.60. The molecule has 15 heavy (non-hydrogen) atoms. The number of allylic oxidation sites excluding steroid dienone is 1. The van der Waals surface area contributed by atoms with Crippen LogP contribution in [-0.2, 0) is 9.53 Å². The van der Waals surface area contributed by atoms with Crippen molar-refractivity contribution in [1.82, 2.24) is 0 Å². The van der Waals surface area contributed by atoms with Crippen LogP contribution in [0.2, 0.25) is 0 Å². The van der Waals surface area contributed by atoms with Gasteiger partial charge in [-0.25, -0.2) is 0 Å². The number of halogens is 3. The molecule has 1 aliphatic carbocycles. The average Bonchev–Trinajstić information content (AvgIpc) is 2.63. The fraction of sp³-hybridized carbons (Fsp3) is 0.700. The summed E-state index contributed by atoms with van der Waals surface area (Å²) in [5.41, 5.74) is -0.127. The van der Waals surface area contributed by atoms with Crippen LogP contribution in [0.5, 0.6) is 0 Å². The lowest BCUT2D eigenvalue weighted by molar-refractivity contribution is -0.145. The summed E-state index contributed by atoms with van der Waals surface area (Å²) in [6, 6.07) is 0. The summed E-state index contributed by atoms with van der Waals surface area (Å²) in [6.45, 7) is 4.22. The van der Waals surface area contributed by atoms with Crippen LogP contribution >= 0.6 is 34.8 Å². The van der Waals surface area contributed by atoms with Crippen molar-refractivity contribution >= 4 is 40.8 Å². The van der Waals surface area contributed by atoms with Gasteiger partial charge in [0, 0.05) is 0 Å². The van der Waals surface area contributed by atoms with Crippen LogP contribution in [0, 0.1) is 17.3 Å². The number of ether oxygens (including phenoxy) is 1. The van der Waals surface area contributed by atoms with Gasteiger partial charge in [-0.3, -0.25) is 4.79 Å². The highest BCUT2D eigenvalue weighted by Gasteiger charge is 2.61. The molecule has 5 heteroatoms. The molecule has 0 aromatic heterocycles. The first-order valence-electron chi connectivity index (χ1n) is 4.66. The molecule has 86 valence electrons. The predicted octanol–water partition coefficient (Wildman–Crippen LogP) is 3.36. The predicted molar refractivity (Wildman–Crippen MR) is 62.2 cm³/mol. The number of alkyl halides is 1. The molecule has 0 radical (unpaired) electrons. The van der Waals surface area contributed by atoms with Gasteiger partial charge in [0.2, 0.25) is 0 Å². The molecule has 0 spiro atoms. The Morgan fingerprint density at radius 1 is 1.47 bits per heavy atom. The average molecular weight is 272 g/mol. The van der Waals surface area contributed by atoms with Crippen LogP contribution in [0.15, 0.2) is 10.6 Å². The van der Waals surface area contributed by atoms with Crippen molar-refractivity contribution in [2.45, 2.75) is 13.8 Å². The Labute approximate surface area is 105 Å². The van der Waals surface area contributed by atoms with E-state index >= 15 is 0 Å². The number of hydrogen-bond acceptors (Lipinski definition) is 2. The highest BCUT2D eigenvalue weighted by molar-refractivity contribution is 6.55. The van der Waals surface area contributed by atoms with Crippen LogP contribution in [0.25, 0.3) is 0 Å². The van der Waals surface area contributed by atoms with E-state index in [9.17, 15) is 4.79 Å². The zero-order chi connectivity index (χ0) is 11.6. The largest absolute Gasteiger partial charge is 0.464 e. The standard InChI is InChI=1S/C10H13Cl3O2/c1-10(2)6(5-7(12)13)8(10)9(14)15-4-3-11/h5-6,8H,3-4H2,1-2H3/t6-,8-/m0/s1. The van der Waals surface area contributed by atoms with E-state index < -0.39 is 0 Å². The van der Waals surface area contributed by atoms with Crippen LogP contribution < -0.4 is 0 Å². The molecule has 0 N–H and O–H groups in total. The topological polar surface area (TPSA) is 26.3 Å². The summed E-state index contributed by atoms with van der Waals surface area (Å²) in [6.07, 6.45) is 1.69. The maximum Gasteiger partial charge on any atom is 0.310 e. The lowest BCUT2D eigenvalue weighted by Gasteiger charge is -2.02. The van der Waals surface area contributed by atoms with Crippen LogP contribution in [0.3, 0.4) is 0 Å². The minimum atomic E-state index is -0.225. The van der Waals surface area contributed by atoms with E-state index in [-0.39, 0.29) is 34.3 Å². The van der Waals surface area contributed by atoms with Gasteiger partial charge in [0.05, 0.1) is 11.8 Å². The van der Waals surface area contributed by atoms with Crippen LogP contribution in [-0.4, -0.2) is 18.5 Å². The number of rotatable bonds is 4. The minimum Gasteiger partial charge on any atom is -0.464 e. The monoisotopic (exact) mass is 270 g/mol. The number of hydrogen-bond donors (Lipinski definition) is 0. The Morgan fingerprint density at radius 3 is 2.53 bits per heavy atom. The summed E-state index contributed by atoms with van der Waals surface area (Å²) in [5.74, 6) is -0.00891. The molecule has 0 heterocycles. The van der Waals surface area contributed by atoms with E-state index in [1.807, 2.05) is 13.8 Å². The fourth-order valence-electron chi connectivity index (χ4n) is 1.80. The summed E-state index contributed by atoms with van der Waals surface area (Å²) in [4.78, 5) is 11.6. The second-order valence-corrected chi connectivity index (χ2v) is 5.52. The minimum absolute atomic E-state index is 0.0605. The van der Waals surface area contributed by atoms with Gasteiger partial charge in [-0.15, -0.1) is 11.6 Å². The molecule has 2 atom stereocenters. The van der Waals surface area contributed by atoms with E-state index in [0.717, 1.165) is 0 Å². The van der Waals surface area contributed by atoms with Gasteiger partial charge >= 0.3 is 5.97 Å².